The van der Waals surface area contributed by atoms with Crippen molar-refractivity contribution in [1.29, 1.82) is 0 Å². The molecule has 0 fully saturated rings. The molecule has 0 aliphatic heterocycles. The molecule has 1 aromatic heterocycles. The van der Waals surface area contributed by atoms with Gasteiger partial charge in [0.05, 0.1) is 12.8 Å². The molecule has 2 amide bonds. The molecule has 0 saturated carbocycles. The Morgan fingerprint density at radius 2 is 2.08 bits per heavy atom. The fraction of sp³-hybridized carbons (Fsp3) is 0.200. The van der Waals surface area contributed by atoms with Gasteiger partial charge in [-0.15, -0.1) is 0 Å². The average Bonchev–Trinajstić information content (AvgIpc) is 2.99. The van der Waals surface area contributed by atoms with Gasteiger partial charge in [0.1, 0.15) is 11.4 Å². The quantitative estimate of drug-likeness (QED) is 0.546. The fourth-order valence-corrected chi connectivity index (χ4v) is 2.40. The molecule has 1 heterocycles. The third-order valence-electron chi connectivity index (χ3n) is 3.04. The molecule has 0 atom stereocenters. The SMILES string of the molecule is COc1ccc(Cl)cc1NCCC(=O)NNC(=O)c1cc(Br)c[nH]1. The lowest BCUT2D eigenvalue weighted by molar-refractivity contribution is -0.121. The van der Waals surface area contributed by atoms with E-state index in [0.29, 0.717) is 28.7 Å². The predicted octanol–water partition coefficient (Wildman–Crippen LogP) is 2.70. The van der Waals surface area contributed by atoms with E-state index in [2.05, 4.69) is 37.1 Å². The Balaban J connectivity index is 1.75. The summed E-state index contributed by atoms with van der Waals surface area (Å²) in [5.41, 5.74) is 5.70. The second kappa shape index (κ2) is 8.60. The number of aromatic amines is 1. The summed E-state index contributed by atoms with van der Waals surface area (Å²) < 4.78 is 5.95. The standard InChI is InChI=1S/C15H16BrClN4O3/c1-24-13-3-2-10(17)7-11(13)18-5-4-14(22)20-21-15(23)12-6-9(16)8-19-12/h2-3,6-8,18-19H,4-5H2,1H3,(H,20,22)(H,21,23). The second-order valence-electron chi connectivity index (χ2n) is 4.76. The molecule has 24 heavy (non-hydrogen) atoms. The number of carbonyl (C=O) groups excluding carboxylic acids is 2. The van der Waals surface area contributed by atoms with E-state index in [1.54, 1.807) is 37.6 Å². The summed E-state index contributed by atoms with van der Waals surface area (Å²) in [6, 6.07) is 6.77. The van der Waals surface area contributed by atoms with E-state index in [0.717, 1.165) is 4.47 Å². The number of amides is 2. The lowest BCUT2D eigenvalue weighted by atomic mass is 10.3. The van der Waals surface area contributed by atoms with Gasteiger partial charge < -0.3 is 15.0 Å². The molecule has 0 saturated heterocycles. The molecule has 128 valence electrons. The minimum Gasteiger partial charge on any atom is -0.495 e. The summed E-state index contributed by atoms with van der Waals surface area (Å²) >= 11 is 9.16. The highest BCUT2D eigenvalue weighted by Crippen LogP contribution is 2.27. The normalized spacial score (nSPS) is 10.1. The first-order chi connectivity index (χ1) is 11.5. The van der Waals surface area contributed by atoms with Crippen molar-refractivity contribution in [3.63, 3.8) is 0 Å². The summed E-state index contributed by atoms with van der Waals surface area (Å²) in [5.74, 6) is -0.133. The van der Waals surface area contributed by atoms with Crippen LogP contribution in [0, 0.1) is 0 Å². The average molecular weight is 416 g/mol. The van der Waals surface area contributed by atoms with Gasteiger partial charge in [-0.1, -0.05) is 11.6 Å². The number of aromatic nitrogens is 1. The number of rotatable bonds is 6. The number of halogens is 2. The van der Waals surface area contributed by atoms with Gasteiger partial charge in [0.25, 0.3) is 5.91 Å². The van der Waals surface area contributed by atoms with Gasteiger partial charge in [0, 0.05) is 28.7 Å². The van der Waals surface area contributed by atoms with Crippen LogP contribution in [0.15, 0.2) is 34.9 Å². The Morgan fingerprint density at radius 1 is 1.29 bits per heavy atom. The third kappa shape index (κ3) is 5.17. The van der Waals surface area contributed by atoms with Crippen LogP contribution < -0.4 is 20.9 Å². The Hall–Kier alpha value is -2.19. The number of hydrogen-bond acceptors (Lipinski definition) is 4. The first-order valence-corrected chi connectivity index (χ1v) is 8.17. The van der Waals surface area contributed by atoms with E-state index >= 15 is 0 Å². The number of nitrogens with one attached hydrogen (secondary N) is 4. The number of H-pyrrole nitrogens is 1. The minimum atomic E-state index is -0.432. The summed E-state index contributed by atoms with van der Waals surface area (Å²) in [6.45, 7) is 0.354. The lowest BCUT2D eigenvalue weighted by Crippen LogP contribution is -2.42. The summed E-state index contributed by atoms with van der Waals surface area (Å²) in [6.07, 6.45) is 1.78. The van der Waals surface area contributed by atoms with E-state index in [1.807, 2.05) is 0 Å². The molecule has 2 rings (SSSR count). The Bertz CT molecular complexity index is 735. The molecule has 7 nitrogen and oxygen atoms in total. The molecule has 1 aromatic carbocycles. The van der Waals surface area contributed by atoms with Crippen LogP contribution in [-0.4, -0.2) is 30.5 Å². The molecular formula is C15H16BrClN4O3. The van der Waals surface area contributed by atoms with Gasteiger partial charge in [0.2, 0.25) is 5.91 Å². The number of methoxy groups -OCH3 is 1. The highest BCUT2D eigenvalue weighted by atomic mass is 79.9. The molecule has 0 aliphatic carbocycles. The van der Waals surface area contributed by atoms with Gasteiger partial charge in [-0.25, -0.2) is 0 Å². The summed E-state index contributed by atoms with van der Waals surface area (Å²) in [4.78, 5) is 26.3. The van der Waals surface area contributed by atoms with E-state index in [-0.39, 0.29) is 12.3 Å². The van der Waals surface area contributed by atoms with Gasteiger partial charge in [-0.05, 0) is 40.2 Å². The zero-order valence-electron chi connectivity index (χ0n) is 12.8. The van der Waals surface area contributed by atoms with E-state index in [4.69, 9.17) is 16.3 Å². The largest absolute Gasteiger partial charge is 0.495 e. The van der Waals surface area contributed by atoms with Crippen LogP contribution in [0.4, 0.5) is 5.69 Å². The van der Waals surface area contributed by atoms with Crippen molar-refractivity contribution in [2.75, 3.05) is 19.0 Å². The fourth-order valence-electron chi connectivity index (χ4n) is 1.88. The first-order valence-electron chi connectivity index (χ1n) is 7.00. The zero-order chi connectivity index (χ0) is 17.5. The van der Waals surface area contributed by atoms with Crippen molar-refractivity contribution in [3.05, 3.63) is 45.7 Å². The van der Waals surface area contributed by atoms with E-state index in [1.165, 1.54) is 0 Å². The maximum atomic E-state index is 11.8. The number of anilines is 1. The van der Waals surface area contributed by atoms with Gasteiger partial charge in [0.15, 0.2) is 0 Å². The number of benzene rings is 1. The summed E-state index contributed by atoms with van der Waals surface area (Å²) in [5, 5.41) is 3.63. The molecule has 0 unspecified atom stereocenters. The van der Waals surface area contributed by atoms with Gasteiger partial charge >= 0.3 is 0 Å². The number of hydrazine groups is 1. The van der Waals surface area contributed by atoms with Gasteiger partial charge in [-0.3, -0.25) is 20.4 Å². The van der Waals surface area contributed by atoms with Crippen LogP contribution in [0.5, 0.6) is 5.75 Å². The molecule has 9 heteroatoms. The summed E-state index contributed by atoms with van der Waals surface area (Å²) in [7, 11) is 1.55. The van der Waals surface area contributed by atoms with Crippen LogP contribution in [0.1, 0.15) is 16.9 Å². The third-order valence-corrected chi connectivity index (χ3v) is 3.73. The first kappa shape index (κ1) is 18.2. The molecule has 0 aliphatic rings. The highest BCUT2D eigenvalue weighted by Gasteiger charge is 2.09. The molecule has 0 radical (unpaired) electrons. The predicted molar refractivity (Wildman–Crippen MR) is 95.2 cm³/mol. The number of ether oxygens (including phenoxy) is 1. The Kier molecular flexibility index (Phi) is 6.51. The van der Waals surface area contributed by atoms with Crippen molar-refractivity contribution in [2.24, 2.45) is 0 Å². The minimum absolute atomic E-state index is 0.157. The molecule has 0 bridgehead atoms. The Morgan fingerprint density at radius 3 is 2.75 bits per heavy atom. The van der Waals surface area contributed by atoms with Crippen LogP contribution >= 0.6 is 27.5 Å². The maximum Gasteiger partial charge on any atom is 0.286 e. The van der Waals surface area contributed by atoms with Crippen molar-refractivity contribution in [2.45, 2.75) is 6.42 Å². The van der Waals surface area contributed by atoms with Crippen molar-refractivity contribution < 1.29 is 14.3 Å². The van der Waals surface area contributed by atoms with Gasteiger partial charge in [-0.2, -0.15) is 0 Å². The molecule has 0 spiro atoms. The van der Waals surface area contributed by atoms with Crippen molar-refractivity contribution >= 4 is 45.0 Å². The monoisotopic (exact) mass is 414 g/mol. The Labute approximate surface area is 152 Å². The molecular weight excluding hydrogens is 400 g/mol. The zero-order valence-corrected chi connectivity index (χ0v) is 15.1. The number of hydrogen-bond donors (Lipinski definition) is 4. The second-order valence-corrected chi connectivity index (χ2v) is 6.11. The number of carbonyl (C=O) groups is 2. The highest BCUT2D eigenvalue weighted by molar-refractivity contribution is 9.10. The van der Waals surface area contributed by atoms with Crippen LogP contribution in [0.2, 0.25) is 5.02 Å². The van der Waals surface area contributed by atoms with Crippen molar-refractivity contribution in [1.82, 2.24) is 15.8 Å². The van der Waals surface area contributed by atoms with Crippen LogP contribution in [0.25, 0.3) is 0 Å². The van der Waals surface area contributed by atoms with Crippen LogP contribution in [0.3, 0.4) is 0 Å². The van der Waals surface area contributed by atoms with E-state index < -0.39 is 5.91 Å². The lowest BCUT2D eigenvalue weighted by Gasteiger charge is -2.11. The van der Waals surface area contributed by atoms with Crippen molar-refractivity contribution in [3.8, 4) is 5.75 Å². The molecule has 4 N–H and O–H groups in total. The smallest absolute Gasteiger partial charge is 0.286 e. The van der Waals surface area contributed by atoms with E-state index in [9.17, 15) is 9.59 Å². The molecule has 2 aromatic rings. The maximum absolute atomic E-state index is 11.8. The van der Waals surface area contributed by atoms with Crippen LogP contribution in [-0.2, 0) is 4.79 Å². The topological polar surface area (TPSA) is 95.2 Å².